The van der Waals surface area contributed by atoms with E-state index < -0.39 is 5.97 Å². The molecule has 3 rings (SSSR count). The zero-order valence-electron chi connectivity index (χ0n) is 9.49. The maximum absolute atomic E-state index is 11.8. The molecule has 0 aromatic carbocycles. The van der Waals surface area contributed by atoms with Gasteiger partial charge in [-0.1, -0.05) is 6.08 Å². The molecule has 0 unspecified atom stereocenters. The van der Waals surface area contributed by atoms with E-state index in [1.165, 1.54) is 20.0 Å². The number of nitrogens with one attached hydrogen (secondary N) is 1. The summed E-state index contributed by atoms with van der Waals surface area (Å²) in [6, 6.07) is 0. The van der Waals surface area contributed by atoms with Gasteiger partial charge in [-0.2, -0.15) is 0 Å². The molecule has 3 aliphatic rings. The number of hydrogen-bond acceptors (Lipinski definition) is 3. The van der Waals surface area contributed by atoms with E-state index in [2.05, 4.69) is 16.1 Å². The number of carbonyl (C=O) groups excluding carboxylic acids is 2. The third-order valence-corrected chi connectivity index (χ3v) is 3.51. The van der Waals surface area contributed by atoms with Crippen molar-refractivity contribution in [2.75, 3.05) is 13.7 Å². The van der Waals surface area contributed by atoms with Crippen LogP contribution in [-0.4, -0.2) is 25.5 Å². The molecule has 1 N–H and O–H groups in total. The maximum atomic E-state index is 11.8. The number of rotatable bonds is 3. The quantitative estimate of drug-likeness (QED) is 0.727. The van der Waals surface area contributed by atoms with E-state index in [9.17, 15) is 9.59 Å². The van der Waals surface area contributed by atoms with Crippen LogP contribution in [0, 0.1) is 11.8 Å². The summed E-state index contributed by atoms with van der Waals surface area (Å²) in [5.74, 6) is 0.473. The second-order valence-corrected chi connectivity index (χ2v) is 4.49. The van der Waals surface area contributed by atoms with Crippen molar-refractivity contribution < 1.29 is 14.3 Å². The number of carbonyl (C=O) groups is 2. The summed E-state index contributed by atoms with van der Waals surface area (Å²) in [6.45, 7) is -0.0376. The van der Waals surface area contributed by atoms with E-state index in [0.717, 1.165) is 18.4 Å². The largest absolute Gasteiger partial charge is 0.468 e. The van der Waals surface area contributed by atoms with E-state index >= 15 is 0 Å². The van der Waals surface area contributed by atoms with Crippen LogP contribution >= 0.6 is 0 Å². The van der Waals surface area contributed by atoms with Gasteiger partial charge in [0, 0.05) is 5.57 Å². The molecule has 1 saturated carbocycles. The van der Waals surface area contributed by atoms with Crippen LogP contribution in [0.15, 0.2) is 11.6 Å². The number of esters is 1. The first-order chi connectivity index (χ1) is 7.70. The maximum Gasteiger partial charge on any atom is 0.325 e. The minimum Gasteiger partial charge on any atom is -0.468 e. The first-order valence-corrected chi connectivity index (χ1v) is 5.77. The lowest BCUT2D eigenvalue weighted by Gasteiger charge is -2.34. The van der Waals surface area contributed by atoms with Crippen molar-refractivity contribution in [1.82, 2.24) is 5.32 Å². The van der Waals surface area contributed by atoms with Gasteiger partial charge in [-0.25, -0.2) is 0 Å². The summed E-state index contributed by atoms with van der Waals surface area (Å²) in [6.07, 6.45) is 6.73. The highest BCUT2D eigenvalue weighted by atomic mass is 16.5. The van der Waals surface area contributed by atoms with Crippen molar-refractivity contribution in [1.29, 1.82) is 0 Å². The molecule has 0 spiro atoms. The molecule has 0 aliphatic heterocycles. The van der Waals surface area contributed by atoms with Crippen LogP contribution in [0.3, 0.4) is 0 Å². The monoisotopic (exact) mass is 223 g/mol. The Kier molecular flexibility index (Phi) is 3.27. The highest BCUT2D eigenvalue weighted by molar-refractivity contribution is 5.96. The van der Waals surface area contributed by atoms with Gasteiger partial charge >= 0.3 is 5.97 Å². The second kappa shape index (κ2) is 4.68. The lowest BCUT2D eigenvalue weighted by atomic mass is 9.71. The average Bonchev–Trinajstić information content (AvgIpc) is 2.36. The van der Waals surface area contributed by atoms with Crippen molar-refractivity contribution in [2.24, 2.45) is 11.8 Å². The van der Waals surface area contributed by atoms with Crippen molar-refractivity contribution in [2.45, 2.75) is 25.7 Å². The van der Waals surface area contributed by atoms with Crippen molar-refractivity contribution >= 4 is 11.9 Å². The number of ether oxygens (including phenoxy) is 1. The predicted molar refractivity (Wildman–Crippen MR) is 58.6 cm³/mol. The van der Waals surface area contributed by atoms with Gasteiger partial charge in [-0.15, -0.1) is 0 Å². The molecule has 3 aliphatic carbocycles. The van der Waals surface area contributed by atoms with Gasteiger partial charge in [0.15, 0.2) is 0 Å². The number of allylic oxidation sites excluding steroid dienone is 1. The van der Waals surface area contributed by atoms with E-state index in [0.29, 0.717) is 11.8 Å². The van der Waals surface area contributed by atoms with E-state index in [1.807, 2.05) is 0 Å². The minimum absolute atomic E-state index is 0.0376. The molecule has 0 aromatic rings. The molecule has 0 radical (unpaired) electrons. The Morgan fingerprint density at radius 2 is 2.06 bits per heavy atom. The van der Waals surface area contributed by atoms with Crippen LogP contribution in [0.4, 0.5) is 0 Å². The number of fused-ring (bicyclic) bond motifs is 2. The fourth-order valence-electron chi connectivity index (χ4n) is 2.57. The number of methoxy groups -OCH3 is 1. The fraction of sp³-hybridized carbons (Fsp3) is 0.667. The van der Waals surface area contributed by atoms with Crippen LogP contribution in [0.25, 0.3) is 0 Å². The Labute approximate surface area is 95.0 Å². The fourth-order valence-corrected chi connectivity index (χ4v) is 2.57. The third kappa shape index (κ3) is 2.26. The molecule has 4 nitrogen and oxygen atoms in total. The van der Waals surface area contributed by atoms with Gasteiger partial charge in [0.1, 0.15) is 6.54 Å². The molecular formula is C12H17NO3. The SMILES string of the molecule is COC(=O)CNC(=O)C1=CC2CCC1CC2. The average molecular weight is 223 g/mol. The Bertz CT molecular complexity index is 327. The molecule has 1 amide bonds. The lowest BCUT2D eigenvalue weighted by Crippen LogP contribution is -2.36. The summed E-state index contributed by atoms with van der Waals surface area (Å²) in [4.78, 5) is 22.7. The highest BCUT2D eigenvalue weighted by Crippen LogP contribution is 2.40. The molecule has 2 bridgehead atoms. The van der Waals surface area contributed by atoms with Crippen LogP contribution in [0.5, 0.6) is 0 Å². The molecule has 0 heterocycles. The summed E-state index contributed by atoms with van der Waals surface area (Å²) in [5, 5.41) is 2.61. The third-order valence-electron chi connectivity index (χ3n) is 3.51. The molecule has 0 aromatic heterocycles. The first-order valence-electron chi connectivity index (χ1n) is 5.77. The van der Waals surface area contributed by atoms with E-state index in [1.54, 1.807) is 0 Å². The van der Waals surface area contributed by atoms with Gasteiger partial charge in [-0.05, 0) is 37.5 Å². The van der Waals surface area contributed by atoms with Crippen LogP contribution < -0.4 is 5.32 Å². The predicted octanol–water partition coefficient (Wildman–Crippen LogP) is 1.02. The van der Waals surface area contributed by atoms with Gasteiger partial charge in [0.05, 0.1) is 7.11 Å². The summed E-state index contributed by atoms with van der Waals surface area (Å²) < 4.78 is 4.48. The standard InChI is InChI=1S/C12H17NO3/c1-16-11(14)7-13-12(15)10-6-8-2-4-9(10)5-3-8/h6,8-9H,2-5,7H2,1H3,(H,13,15). The van der Waals surface area contributed by atoms with E-state index in [4.69, 9.17) is 0 Å². The summed E-state index contributed by atoms with van der Waals surface area (Å²) >= 11 is 0. The topological polar surface area (TPSA) is 55.4 Å². The van der Waals surface area contributed by atoms with Crippen molar-refractivity contribution in [3.8, 4) is 0 Å². The normalized spacial score (nSPS) is 27.2. The molecule has 16 heavy (non-hydrogen) atoms. The zero-order valence-corrected chi connectivity index (χ0v) is 9.49. The first kappa shape index (κ1) is 11.2. The Balaban J connectivity index is 1.92. The number of amides is 1. The van der Waals surface area contributed by atoms with Crippen LogP contribution in [0.1, 0.15) is 25.7 Å². The Hall–Kier alpha value is -1.32. The zero-order chi connectivity index (χ0) is 11.5. The van der Waals surface area contributed by atoms with E-state index in [-0.39, 0.29) is 12.5 Å². The van der Waals surface area contributed by atoms with Gasteiger partial charge < -0.3 is 10.1 Å². The molecule has 4 heteroatoms. The Morgan fingerprint density at radius 3 is 2.56 bits per heavy atom. The minimum atomic E-state index is -0.407. The van der Waals surface area contributed by atoms with Gasteiger partial charge in [-0.3, -0.25) is 9.59 Å². The van der Waals surface area contributed by atoms with Crippen LogP contribution in [0.2, 0.25) is 0 Å². The van der Waals surface area contributed by atoms with Gasteiger partial charge in [0.2, 0.25) is 5.91 Å². The second-order valence-electron chi connectivity index (χ2n) is 4.49. The smallest absolute Gasteiger partial charge is 0.325 e. The summed E-state index contributed by atoms with van der Waals surface area (Å²) in [5.41, 5.74) is 0.881. The van der Waals surface area contributed by atoms with Crippen molar-refractivity contribution in [3.63, 3.8) is 0 Å². The molecular weight excluding hydrogens is 206 g/mol. The highest BCUT2D eigenvalue weighted by Gasteiger charge is 2.32. The number of hydrogen-bond donors (Lipinski definition) is 1. The van der Waals surface area contributed by atoms with Crippen LogP contribution in [-0.2, 0) is 14.3 Å². The van der Waals surface area contributed by atoms with Gasteiger partial charge in [0.25, 0.3) is 0 Å². The molecule has 1 fully saturated rings. The van der Waals surface area contributed by atoms with Crippen molar-refractivity contribution in [3.05, 3.63) is 11.6 Å². The Morgan fingerprint density at radius 1 is 1.38 bits per heavy atom. The molecule has 0 atom stereocenters. The lowest BCUT2D eigenvalue weighted by molar-refractivity contribution is -0.140. The molecule has 88 valence electrons. The summed E-state index contributed by atoms with van der Waals surface area (Å²) in [7, 11) is 1.32. The molecule has 0 saturated heterocycles.